The number of carbonyl (C=O) groups is 1. The molecule has 0 aromatic carbocycles. The van der Waals surface area contributed by atoms with Crippen molar-refractivity contribution in [3.8, 4) is 0 Å². The highest BCUT2D eigenvalue weighted by Crippen LogP contribution is 2.27. The Hall–Kier alpha value is -0.820. The molecule has 0 bridgehead atoms. The summed E-state index contributed by atoms with van der Waals surface area (Å²) in [5.74, 6) is -1.23. The number of nitrogens with zero attached hydrogens (tertiary/aromatic N) is 1. The van der Waals surface area contributed by atoms with Crippen molar-refractivity contribution in [2.45, 2.75) is 44.0 Å². The van der Waals surface area contributed by atoms with Gasteiger partial charge in [-0.2, -0.15) is 13.2 Å². The van der Waals surface area contributed by atoms with Crippen LogP contribution in [0.2, 0.25) is 0 Å². The highest BCUT2D eigenvalue weighted by Gasteiger charge is 2.36. The molecule has 0 aliphatic heterocycles. The van der Waals surface area contributed by atoms with Gasteiger partial charge in [0.2, 0.25) is 0 Å². The third-order valence-electron chi connectivity index (χ3n) is 3.21. The molecule has 0 heterocycles. The lowest BCUT2D eigenvalue weighted by molar-refractivity contribution is -0.160. The summed E-state index contributed by atoms with van der Waals surface area (Å²) in [4.78, 5) is 11.6. The Morgan fingerprint density at radius 2 is 1.89 bits per heavy atom. The maximum absolute atomic E-state index is 12.4. The van der Waals surface area contributed by atoms with E-state index in [1.807, 2.05) is 0 Å². The molecule has 106 valence electrons. The topological polar surface area (TPSA) is 49.8 Å². The molecule has 0 saturated heterocycles. The van der Waals surface area contributed by atoms with Gasteiger partial charge in [-0.1, -0.05) is 0 Å². The molecular weight excluding hydrogens is 251 g/mol. The van der Waals surface area contributed by atoms with Crippen molar-refractivity contribution >= 4 is 5.97 Å². The van der Waals surface area contributed by atoms with Gasteiger partial charge in [0, 0.05) is 13.2 Å². The number of rotatable bonds is 5. The molecule has 1 saturated carbocycles. The molecule has 0 aromatic rings. The molecular formula is C11H18F3NO3. The molecule has 1 aliphatic carbocycles. The number of hydrogen-bond donors (Lipinski definition) is 1. The number of carboxylic acids is 1. The Morgan fingerprint density at radius 1 is 1.33 bits per heavy atom. The van der Waals surface area contributed by atoms with Gasteiger partial charge in [-0.15, -0.1) is 0 Å². The van der Waals surface area contributed by atoms with Crippen LogP contribution in [-0.2, 0) is 9.53 Å². The monoisotopic (exact) mass is 269 g/mol. The summed E-state index contributed by atoms with van der Waals surface area (Å²) in [5, 5.41) is 8.68. The van der Waals surface area contributed by atoms with Crippen molar-refractivity contribution < 1.29 is 27.8 Å². The predicted octanol–water partition coefficient (Wildman–Crippen LogP) is 1.89. The Kier molecular flexibility index (Phi) is 5.40. The zero-order valence-corrected chi connectivity index (χ0v) is 10.2. The Morgan fingerprint density at radius 3 is 2.28 bits per heavy atom. The van der Waals surface area contributed by atoms with E-state index in [0.29, 0.717) is 25.7 Å². The lowest BCUT2D eigenvalue weighted by atomic mass is 9.91. The van der Waals surface area contributed by atoms with Crippen LogP contribution < -0.4 is 0 Å². The molecule has 1 fully saturated rings. The number of ether oxygens (including phenoxy) is 1. The number of methoxy groups -OCH3 is 1. The Labute approximate surface area is 104 Å². The second-order valence-electron chi connectivity index (χ2n) is 4.58. The lowest BCUT2D eigenvalue weighted by Crippen LogP contribution is -2.46. The summed E-state index contributed by atoms with van der Waals surface area (Å²) in [6.07, 6.45) is -1.85. The molecule has 1 N–H and O–H groups in total. The number of alkyl halides is 3. The third-order valence-corrected chi connectivity index (χ3v) is 3.21. The van der Waals surface area contributed by atoms with Gasteiger partial charge < -0.3 is 9.84 Å². The van der Waals surface area contributed by atoms with Gasteiger partial charge in [0.05, 0.1) is 19.2 Å². The second kappa shape index (κ2) is 6.38. The van der Waals surface area contributed by atoms with E-state index in [1.165, 1.54) is 0 Å². The van der Waals surface area contributed by atoms with Crippen LogP contribution in [0.25, 0.3) is 0 Å². The molecule has 0 unspecified atom stereocenters. The zero-order valence-electron chi connectivity index (χ0n) is 10.2. The third kappa shape index (κ3) is 5.22. The fraction of sp³-hybridized carbons (Fsp3) is 0.909. The van der Waals surface area contributed by atoms with E-state index < -0.39 is 25.2 Å². The number of halogens is 3. The summed E-state index contributed by atoms with van der Waals surface area (Å²) in [5.41, 5.74) is 0. The highest BCUT2D eigenvalue weighted by molar-refractivity contribution is 5.69. The van der Waals surface area contributed by atoms with Gasteiger partial charge in [0.25, 0.3) is 0 Å². The summed E-state index contributed by atoms with van der Waals surface area (Å²) in [6, 6.07) is -0.325. The molecule has 1 aliphatic rings. The average Bonchev–Trinajstić information content (AvgIpc) is 2.26. The van der Waals surface area contributed by atoms with Crippen molar-refractivity contribution in [2.24, 2.45) is 0 Å². The minimum Gasteiger partial charge on any atom is -0.480 e. The van der Waals surface area contributed by atoms with Crippen LogP contribution in [0.1, 0.15) is 25.7 Å². The van der Waals surface area contributed by atoms with E-state index in [4.69, 9.17) is 9.84 Å². The van der Waals surface area contributed by atoms with Crippen molar-refractivity contribution in [2.75, 3.05) is 20.2 Å². The molecule has 0 aromatic heterocycles. The molecule has 18 heavy (non-hydrogen) atoms. The van der Waals surface area contributed by atoms with E-state index in [0.717, 1.165) is 4.90 Å². The molecule has 0 radical (unpaired) electrons. The van der Waals surface area contributed by atoms with Crippen LogP contribution in [0.15, 0.2) is 0 Å². The number of carboxylic acid groups (broad SMARTS) is 1. The molecule has 0 atom stereocenters. The van der Waals surface area contributed by atoms with Gasteiger partial charge in [0.15, 0.2) is 0 Å². The van der Waals surface area contributed by atoms with E-state index in [2.05, 4.69) is 0 Å². The first-order chi connectivity index (χ1) is 8.31. The minimum absolute atomic E-state index is 0.0822. The van der Waals surface area contributed by atoms with E-state index >= 15 is 0 Å². The fourth-order valence-electron chi connectivity index (χ4n) is 2.36. The van der Waals surface area contributed by atoms with Crippen LogP contribution >= 0.6 is 0 Å². The number of hydrogen-bond acceptors (Lipinski definition) is 3. The van der Waals surface area contributed by atoms with Crippen molar-refractivity contribution in [3.63, 3.8) is 0 Å². The predicted molar refractivity (Wildman–Crippen MR) is 58.3 cm³/mol. The van der Waals surface area contributed by atoms with E-state index in [1.54, 1.807) is 7.11 Å². The van der Waals surface area contributed by atoms with Gasteiger partial charge >= 0.3 is 12.1 Å². The van der Waals surface area contributed by atoms with Gasteiger partial charge in [0.1, 0.15) is 0 Å². The molecule has 1 rings (SSSR count). The largest absolute Gasteiger partial charge is 0.480 e. The standard InChI is InChI=1S/C11H18F3NO3/c1-18-9-4-2-8(3-5-9)15(6-10(16)17)7-11(12,13)14/h8-9H,2-7H2,1H3,(H,16,17). The first kappa shape index (κ1) is 15.2. The van der Waals surface area contributed by atoms with Gasteiger partial charge in [-0.3, -0.25) is 9.69 Å². The lowest BCUT2D eigenvalue weighted by Gasteiger charge is -2.35. The van der Waals surface area contributed by atoms with Crippen LogP contribution in [-0.4, -0.2) is 54.5 Å². The number of aliphatic carboxylic acids is 1. The molecule has 7 heteroatoms. The molecule has 4 nitrogen and oxygen atoms in total. The van der Waals surface area contributed by atoms with Gasteiger partial charge in [-0.25, -0.2) is 0 Å². The van der Waals surface area contributed by atoms with E-state index in [9.17, 15) is 18.0 Å². The van der Waals surface area contributed by atoms with Crippen LogP contribution in [0.5, 0.6) is 0 Å². The highest BCUT2D eigenvalue weighted by atomic mass is 19.4. The molecule has 0 amide bonds. The maximum atomic E-state index is 12.4. The zero-order chi connectivity index (χ0) is 13.8. The normalized spacial score (nSPS) is 25.4. The Balaban J connectivity index is 2.57. The van der Waals surface area contributed by atoms with Crippen LogP contribution in [0.4, 0.5) is 13.2 Å². The van der Waals surface area contributed by atoms with Crippen LogP contribution in [0.3, 0.4) is 0 Å². The summed E-state index contributed by atoms with van der Waals surface area (Å²) >= 11 is 0. The average molecular weight is 269 g/mol. The SMILES string of the molecule is COC1CCC(N(CC(=O)O)CC(F)(F)F)CC1. The molecule has 0 spiro atoms. The Bertz CT molecular complexity index is 275. The second-order valence-corrected chi connectivity index (χ2v) is 4.58. The van der Waals surface area contributed by atoms with Crippen molar-refractivity contribution in [1.82, 2.24) is 4.90 Å². The smallest absolute Gasteiger partial charge is 0.401 e. The summed E-state index contributed by atoms with van der Waals surface area (Å²) < 4.78 is 42.3. The van der Waals surface area contributed by atoms with Crippen molar-refractivity contribution in [3.05, 3.63) is 0 Å². The van der Waals surface area contributed by atoms with Gasteiger partial charge in [-0.05, 0) is 25.7 Å². The minimum atomic E-state index is -4.37. The first-order valence-electron chi connectivity index (χ1n) is 5.87. The fourth-order valence-corrected chi connectivity index (χ4v) is 2.36. The van der Waals surface area contributed by atoms with Crippen molar-refractivity contribution in [1.29, 1.82) is 0 Å². The van der Waals surface area contributed by atoms with E-state index in [-0.39, 0.29) is 12.1 Å². The summed E-state index contributed by atoms with van der Waals surface area (Å²) in [6.45, 7) is -1.73. The maximum Gasteiger partial charge on any atom is 0.401 e. The summed E-state index contributed by atoms with van der Waals surface area (Å²) in [7, 11) is 1.58. The first-order valence-corrected chi connectivity index (χ1v) is 5.87. The van der Waals surface area contributed by atoms with Crippen LogP contribution in [0, 0.1) is 0 Å². The quantitative estimate of drug-likeness (QED) is 0.828.